The molecule has 1 saturated carbocycles. The summed E-state index contributed by atoms with van der Waals surface area (Å²) in [5, 5.41) is 0. The summed E-state index contributed by atoms with van der Waals surface area (Å²) >= 11 is 0. The molecule has 1 aliphatic carbocycles. The molecule has 0 N–H and O–H groups in total. The van der Waals surface area contributed by atoms with E-state index in [-0.39, 0.29) is 11.3 Å². The van der Waals surface area contributed by atoms with E-state index in [4.69, 9.17) is 0 Å². The molecule has 2 aromatic rings. The molecule has 4 aliphatic rings. The van der Waals surface area contributed by atoms with E-state index in [0.717, 1.165) is 64.1 Å². The first-order chi connectivity index (χ1) is 20.2. The van der Waals surface area contributed by atoms with Crippen molar-refractivity contribution in [2.24, 2.45) is 17.3 Å². The predicted molar refractivity (Wildman–Crippen MR) is 164 cm³/mol. The van der Waals surface area contributed by atoms with Crippen molar-refractivity contribution < 1.29 is 18.0 Å². The number of carbonyl (C=O) groups is 2. The van der Waals surface area contributed by atoms with Crippen LogP contribution >= 0.6 is 0 Å². The predicted octanol–water partition coefficient (Wildman–Crippen LogP) is 4.73. The summed E-state index contributed by atoms with van der Waals surface area (Å²) in [5.41, 5.74) is 2.02. The molecule has 2 unspecified atom stereocenters. The van der Waals surface area contributed by atoms with E-state index in [9.17, 15) is 18.0 Å². The molecular weight excluding hydrogens is 546 g/mol. The largest absolute Gasteiger partial charge is 0.342 e. The van der Waals surface area contributed by atoms with E-state index < -0.39 is 9.84 Å². The monoisotopic (exact) mass is 591 g/mol. The summed E-state index contributed by atoms with van der Waals surface area (Å²) in [6, 6.07) is 17.6. The molecule has 1 spiro atoms. The molecule has 4 fully saturated rings. The third kappa shape index (κ3) is 6.30. The molecule has 3 aliphatic heterocycles. The minimum absolute atomic E-state index is 0.251. The first kappa shape index (κ1) is 29.4. The van der Waals surface area contributed by atoms with Gasteiger partial charge < -0.3 is 14.7 Å². The molecular formula is C34H45N3O4S. The van der Waals surface area contributed by atoms with Gasteiger partial charge in [-0.05, 0) is 80.3 Å². The summed E-state index contributed by atoms with van der Waals surface area (Å²) in [6.07, 6.45) is 9.50. The molecule has 7 nitrogen and oxygen atoms in total. The fourth-order valence-corrected chi connectivity index (χ4v) is 8.62. The van der Waals surface area contributed by atoms with Crippen molar-refractivity contribution in [3.63, 3.8) is 0 Å². The molecule has 8 heteroatoms. The minimum Gasteiger partial charge on any atom is -0.342 e. The lowest BCUT2D eigenvalue weighted by Gasteiger charge is -2.39. The van der Waals surface area contributed by atoms with Crippen molar-refractivity contribution in [3.8, 4) is 0 Å². The second-order valence-electron chi connectivity index (χ2n) is 13.4. The van der Waals surface area contributed by atoms with Gasteiger partial charge in [-0.1, -0.05) is 55.3 Å². The SMILES string of the molecule is CS(=O)(=O)c1ccc(CN2CCC3(CCN(CC4CN(C(=O)CC5CCCC5)CC4c4ccccc4)CC3)C2=O)cc1. The Bertz CT molecular complexity index is 1360. The number of rotatable bonds is 8. The molecule has 2 amide bonds. The van der Waals surface area contributed by atoms with Gasteiger partial charge in [0.25, 0.3) is 0 Å². The number of nitrogens with zero attached hydrogens (tertiary/aromatic N) is 3. The highest BCUT2D eigenvalue weighted by atomic mass is 32.2. The molecule has 2 atom stereocenters. The van der Waals surface area contributed by atoms with Crippen LogP contribution in [0.1, 0.15) is 68.4 Å². The van der Waals surface area contributed by atoms with E-state index in [1.807, 2.05) is 17.0 Å². The second kappa shape index (κ2) is 12.1. The van der Waals surface area contributed by atoms with Gasteiger partial charge in [-0.3, -0.25) is 9.59 Å². The molecule has 42 heavy (non-hydrogen) atoms. The Hall–Kier alpha value is -2.71. The smallest absolute Gasteiger partial charge is 0.229 e. The second-order valence-corrected chi connectivity index (χ2v) is 15.4. The van der Waals surface area contributed by atoms with Crippen molar-refractivity contribution in [1.29, 1.82) is 0 Å². The van der Waals surface area contributed by atoms with Crippen LogP contribution < -0.4 is 0 Å². The van der Waals surface area contributed by atoms with Crippen molar-refractivity contribution in [2.45, 2.75) is 68.7 Å². The Morgan fingerprint density at radius 2 is 1.57 bits per heavy atom. The van der Waals surface area contributed by atoms with Crippen LogP contribution in [-0.2, 0) is 26.0 Å². The number of likely N-dealkylation sites (tertiary alicyclic amines) is 3. The van der Waals surface area contributed by atoms with Crippen molar-refractivity contribution in [1.82, 2.24) is 14.7 Å². The average molecular weight is 592 g/mol. The van der Waals surface area contributed by atoms with Gasteiger partial charge >= 0.3 is 0 Å². The van der Waals surface area contributed by atoms with Crippen molar-refractivity contribution in [3.05, 3.63) is 65.7 Å². The zero-order valence-electron chi connectivity index (χ0n) is 24.9. The molecule has 3 heterocycles. The molecule has 3 saturated heterocycles. The molecule has 0 radical (unpaired) electrons. The summed E-state index contributed by atoms with van der Waals surface area (Å²) in [4.78, 5) is 33.9. The van der Waals surface area contributed by atoms with Gasteiger partial charge in [0.1, 0.15) is 0 Å². The summed E-state index contributed by atoms with van der Waals surface area (Å²) in [5.74, 6) is 1.92. The summed E-state index contributed by atoms with van der Waals surface area (Å²) in [6.45, 7) is 5.72. The maximum absolute atomic E-state index is 13.6. The van der Waals surface area contributed by atoms with Gasteiger partial charge in [-0.15, -0.1) is 0 Å². The van der Waals surface area contributed by atoms with Gasteiger partial charge in [-0.25, -0.2) is 8.42 Å². The van der Waals surface area contributed by atoms with E-state index >= 15 is 0 Å². The van der Waals surface area contributed by atoms with Gasteiger partial charge in [0.05, 0.1) is 10.3 Å². The summed E-state index contributed by atoms with van der Waals surface area (Å²) in [7, 11) is -3.23. The van der Waals surface area contributed by atoms with Gasteiger partial charge in [-0.2, -0.15) is 0 Å². The quantitative estimate of drug-likeness (QED) is 0.444. The maximum Gasteiger partial charge on any atom is 0.229 e. The lowest BCUT2D eigenvalue weighted by atomic mass is 9.76. The Labute approximate surface area is 251 Å². The minimum atomic E-state index is -3.23. The Morgan fingerprint density at radius 1 is 0.905 bits per heavy atom. The third-order valence-corrected chi connectivity index (χ3v) is 11.7. The highest BCUT2D eigenvalue weighted by Crippen LogP contribution is 2.43. The zero-order valence-corrected chi connectivity index (χ0v) is 25.7. The van der Waals surface area contributed by atoms with Gasteiger partial charge in [0.15, 0.2) is 9.84 Å². The maximum atomic E-state index is 13.6. The molecule has 0 bridgehead atoms. The lowest BCUT2D eigenvalue weighted by molar-refractivity contribution is -0.139. The fourth-order valence-electron chi connectivity index (χ4n) is 7.99. The number of hydrogen-bond acceptors (Lipinski definition) is 5. The number of piperidine rings is 1. The van der Waals surface area contributed by atoms with Crippen LogP contribution in [-0.4, -0.2) is 80.5 Å². The molecule has 226 valence electrons. The van der Waals surface area contributed by atoms with Crippen molar-refractivity contribution >= 4 is 21.7 Å². The molecule has 0 aromatic heterocycles. The zero-order chi connectivity index (χ0) is 29.3. The first-order valence-electron chi connectivity index (χ1n) is 15.8. The van der Waals surface area contributed by atoms with Crippen LogP contribution in [0.25, 0.3) is 0 Å². The number of sulfone groups is 1. The molecule has 2 aromatic carbocycles. The van der Waals surface area contributed by atoms with Gasteiger partial charge in [0, 0.05) is 51.3 Å². The van der Waals surface area contributed by atoms with Crippen LogP contribution in [0, 0.1) is 17.3 Å². The van der Waals surface area contributed by atoms with E-state index in [1.165, 1.54) is 37.5 Å². The number of hydrogen-bond donors (Lipinski definition) is 0. The Kier molecular flexibility index (Phi) is 8.47. The van der Waals surface area contributed by atoms with Crippen LogP contribution in [0.15, 0.2) is 59.5 Å². The summed E-state index contributed by atoms with van der Waals surface area (Å²) < 4.78 is 23.6. The van der Waals surface area contributed by atoms with E-state index in [0.29, 0.717) is 41.5 Å². The fraction of sp³-hybridized carbons (Fsp3) is 0.588. The topological polar surface area (TPSA) is 78.0 Å². The third-order valence-electron chi connectivity index (χ3n) is 10.6. The Balaban J connectivity index is 1.06. The van der Waals surface area contributed by atoms with Crippen LogP contribution in [0.3, 0.4) is 0 Å². The van der Waals surface area contributed by atoms with E-state index in [2.05, 4.69) is 40.1 Å². The van der Waals surface area contributed by atoms with Crippen LogP contribution in [0.5, 0.6) is 0 Å². The highest BCUT2D eigenvalue weighted by Gasteiger charge is 2.48. The highest BCUT2D eigenvalue weighted by molar-refractivity contribution is 7.90. The standard InChI is InChI=1S/C34H45N3O4S/c1-42(40,41)30-13-11-27(12-14-30)22-36-20-17-34(33(36)39)15-18-35(19-16-34)23-29-24-37(32(38)21-26-7-5-6-8-26)25-31(29)28-9-3-2-4-10-28/h2-4,9-14,26,29,31H,5-8,15-25H2,1H3. The van der Waals surface area contributed by atoms with Crippen LogP contribution in [0.2, 0.25) is 0 Å². The van der Waals surface area contributed by atoms with E-state index in [1.54, 1.807) is 12.1 Å². The lowest BCUT2D eigenvalue weighted by Crippen LogP contribution is -2.46. The normalized spacial score (nSPS) is 25.1. The number of amides is 2. The van der Waals surface area contributed by atoms with Gasteiger partial charge in [0.2, 0.25) is 11.8 Å². The average Bonchev–Trinajstić information content (AvgIpc) is 3.72. The number of carbonyl (C=O) groups excluding carboxylic acids is 2. The van der Waals surface area contributed by atoms with Crippen molar-refractivity contribution in [2.75, 3.05) is 45.5 Å². The Morgan fingerprint density at radius 3 is 2.24 bits per heavy atom. The van der Waals surface area contributed by atoms with Crippen LogP contribution in [0.4, 0.5) is 0 Å². The number of benzene rings is 2. The first-order valence-corrected chi connectivity index (χ1v) is 17.7. The molecule has 6 rings (SSSR count).